The molecule has 0 fully saturated rings. The molecule has 0 aliphatic carbocycles. The van der Waals surface area contributed by atoms with Gasteiger partial charge in [0.05, 0.1) is 31.2 Å². The summed E-state index contributed by atoms with van der Waals surface area (Å²) in [6.45, 7) is 4.81. The summed E-state index contributed by atoms with van der Waals surface area (Å²) in [5, 5.41) is 19.5. The van der Waals surface area contributed by atoms with Crippen LogP contribution in [0.3, 0.4) is 0 Å². The van der Waals surface area contributed by atoms with Crippen molar-refractivity contribution >= 4 is 30.2 Å². The number of nitrogens with one attached hydrogen (secondary N) is 3. The van der Waals surface area contributed by atoms with E-state index in [0.717, 1.165) is 25.5 Å². The van der Waals surface area contributed by atoms with Crippen molar-refractivity contribution in [2.75, 3.05) is 32.8 Å². The van der Waals surface area contributed by atoms with Gasteiger partial charge in [-0.1, -0.05) is 13.0 Å². The number of phenols is 1. The summed E-state index contributed by atoms with van der Waals surface area (Å²) < 4.78 is 10.8. The van der Waals surface area contributed by atoms with Crippen molar-refractivity contribution in [1.82, 2.24) is 20.9 Å². The Morgan fingerprint density at radius 2 is 2.11 bits per heavy atom. The first-order valence-electron chi connectivity index (χ1n) is 11.4. The molecule has 2 heterocycles. The number of carbonyl (C=O) groups is 2. The van der Waals surface area contributed by atoms with Crippen molar-refractivity contribution in [3.05, 3.63) is 53.9 Å². The Balaban J connectivity index is 0.00000432. The highest BCUT2D eigenvalue weighted by molar-refractivity contribution is 5.97. The van der Waals surface area contributed by atoms with Gasteiger partial charge in [-0.25, -0.2) is 0 Å². The van der Waals surface area contributed by atoms with E-state index in [-0.39, 0.29) is 30.1 Å². The minimum absolute atomic E-state index is 0. The van der Waals surface area contributed by atoms with Gasteiger partial charge in [-0.05, 0) is 36.6 Å². The summed E-state index contributed by atoms with van der Waals surface area (Å²) in [4.78, 5) is 33.4. The van der Waals surface area contributed by atoms with Crippen LogP contribution in [0.15, 0.2) is 47.7 Å². The highest BCUT2D eigenvalue weighted by Gasteiger charge is 2.22. The van der Waals surface area contributed by atoms with E-state index in [1.165, 1.54) is 12.1 Å². The number of rotatable bonds is 11. The fraction of sp³-hybridized carbons (Fsp3) is 0.417. The Morgan fingerprint density at radius 3 is 2.80 bits per heavy atom. The molecule has 35 heavy (non-hydrogen) atoms. The molecule has 0 spiro atoms. The standard InChI is InChI=1S/C24H31N5O5.ClH/c1-2-12-34-22(31)15-20(17-5-3-8-25-16-17)29-23(32)19-7-6-18(14-21(19)30)33-13-11-28-24-26-9-4-10-27-24;/h3,5-8,14,16,20,30H,2,4,9-13,15H2,1H3,(H,29,32)(H2,26,27,28);1H. The molecule has 0 saturated carbocycles. The molecule has 1 aliphatic heterocycles. The van der Waals surface area contributed by atoms with Gasteiger partial charge >= 0.3 is 5.97 Å². The Labute approximate surface area is 210 Å². The maximum absolute atomic E-state index is 12.9. The summed E-state index contributed by atoms with van der Waals surface area (Å²) in [6.07, 6.45) is 4.87. The predicted octanol–water partition coefficient (Wildman–Crippen LogP) is 2.34. The van der Waals surface area contributed by atoms with Crippen LogP contribution in [0.1, 0.15) is 48.1 Å². The minimum atomic E-state index is -0.650. The third-order valence-electron chi connectivity index (χ3n) is 5.00. The molecule has 1 unspecified atom stereocenters. The van der Waals surface area contributed by atoms with Gasteiger partial charge in [-0.3, -0.25) is 19.6 Å². The number of aromatic hydroxyl groups is 1. The second kappa shape index (κ2) is 14.7. The van der Waals surface area contributed by atoms with E-state index < -0.39 is 17.9 Å². The van der Waals surface area contributed by atoms with Gasteiger partial charge in [-0.15, -0.1) is 12.4 Å². The number of aliphatic imine (C=N–C) groups is 1. The fourth-order valence-corrected chi connectivity index (χ4v) is 3.29. The number of hydrogen-bond acceptors (Lipinski definition) is 9. The van der Waals surface area contributed by atoms with Crippen LogP contribution in [0.4, 0.5) is 0 Å². The molecule has 1 amide bonds. The molecular weight excluding hydrogens is 474 g/mol. The number of guanidine groups is 1. The first kappa shape index (κ1) is 27.7. The topological polar surface area (TPSA) is 134 Å². The van der Waals surface area contributed by atoms with Crippen molar-refractivity contribution < 1.29 is 24.2 Å². The van der Waals surface area contributed by atoms with E-state index in [2.05, 4.69) is 25.9 Å². The monoisotopic (exact) mass is 505 g/mol. The minimum Gasteiger partial charge on any atom is -0.507 e. The number of aromatic nitrogens is 1. The number of halogens is 1. The zero-order valence-corrected chi connectivity index (χ0v) is 20.5. The van der Waals surface area contributed by atoms with Gasteiger partial charge in [0.25, 0.3) is 5.91 Å². The molecule has 0 bridgehead atoms. The highest BCUT2D eigenvalue weighted by Crippen LogP contribution is 2.25. The molecule has 0 radical (unpaired) electrons. The Morgan fingerprint density at radius 1 is 1.26 bits per heavy atom. The highest BCUT2D eigenvalue weighted by atomic mass is 35.5. The number of ether oxygens (including phenoxy) is 2. The van der Waals surface area contributed by atoms with E-state index in [9.17, 15) is 14.7 Å². The van der Waals surface area contributed by atoms with Gasteiger partial charge in [-0.2, -0.15) is 0 Å². The summed E-state index contributed by atoms with van der Waals surface area (Å²) in [5.41, 5.74) is 0.732. The van der Waals surface area contributed by atoms with Gasteiger partial charge in [0.2, 0.25) is 0 Å². The number of hydrogen-bond donors (Lipinski definition) is 4. The molecule has 10 nitrogen and oxygen atoms in total. The first-order valence-corrected chi connectivity index (χ1v) is 11.4. The lowest BCUT2D eigenvalue weighted by molar-refractivity contribution is -0.144. The molecule has 190 valence electrons. The van der Waals surface area contributed by atoms with E-state index in [4.69, 9.17) is 9.47 Å². The van der Waals surface area contributed by atoms with E-state index >= 15 is 0 Å². The Kier molecular flexibility index (Phi) is 11.6. The van der Waals surface area contributed by atoms with Crippen molar-refractivity contribution in [3.8, 4) is 11.5 Å². The fourth-order valence-electron chi connectivity index (χ4n) is 3.29. The number of phenolic OH excluding ortho intramolecular Hbond substituents is 1. The quantitative estimate of drug-likeness (QED) is 0.270. The van der Waals surface area contributed by atoms with E-state index in [1.807, 2.05) is 6.92 Å². The maximum Gasteiger partial charge on any atom is 0.308 e. The van der Waals surface area contributed by atoms with E-state index in [0.29, 0.717) is 37.5 Å². The van der Waals surface area contributed by atoms with Crippen molar-refractivity contribution in [3.63, 3.8) is 0 Å². The third kappa shape index (κ3) is 8.97. The van der Waals surface area contributed by atoms with Crippen LogP contribution in [0, 0.1) is 0 Å². The number of esters is 1. The van der Waals surface area contributed by atoms with Gasteiger partial charge in [0.1, 0.15) is 18.1 Å². The first-order chi connectivity index (χ1) is 16.6. The number of nitrogens with zero attached hydrogens (tertiary/aromatic N) is 2. The molecule has 1 aliphatic rings. The number of carbonyl (C=O) groups excluding carboxylic acids is 2. The predicted molar refractivity (Wildman–Crippen MR) is 134 cm³/mol. The molecule has 0 saturated heterocycles. The van der Waals surface area contributed by atoms with Crippen LogP contribution in [-0.2, 0) is 9.53 Å². The molecular formula is C24H32ClN5O5. The molecule has 1 aromatic carbocycles. The summed E-state index contributed by atoms with van der Waals surface area (Å²) in [5.74, 6) is 0.0174. The van der Waals surface area contributed by atoms with Crippen LogP contribution in [0.2, 0.25) is 0 Å². The van der Waals surface area contributed by atoms with Crippen molar-refractivity contribution in [2.45, 2.75) is 32.2 Å². The van der Waals surface area contributed by atoms with Crippen molar-refractivity contribution in [1.29, 1.82) is 0 Å². The zero-order chi connectivity index (χ0) is 24.2. The molecule has 1 atom stereocenters. The number of pyridine rings is 1. The summed E-state index contributed by atoms with van der Waals surface area (Å²) >= 11 is 0. The molecule has 3 rings (SSSR count). The number of benzene rings is 1. The Bertz CT molecular complexity index is 990. The van der Waals surface area contributed by atoms with Gasteiger partial charge in [0.15, 0.2) is 5.96 Å². The Hall–Kier alpha value is -3.53. The summed E-state index contributed by atoms with van der Waals surface area (Å²) in [7, 11) is 0. The van der Waals surface area contributed by atoms with Gasteiger partial charge in [0, 0.05) is 31.5 Å². The summed E-state index contributed by atoms with van der Waals surface area (Å²) in [6, 6.07) is 7.32. The lowest BCUT2D eigenvalue weighted by Gasteiger charge is -2.19. The second-order valence-corrected chi connectivity index (χ2v) is 7.70. The smallest absolute Gasteiger partial charge is 0.308 e. The lowest BCUT2D eigenvalue weighted by atomic mass is 10.0. The lowest BCUT2D eigenvalue weighted by Crippen LogP contribution is -2.42. The van der Waals surface area contributed by atoms with Crippen LogP contribution < -0.4 is 20.7 Å². The molecule has 11 heteroatoms. The van der Waals surface area contributed by atoms with Gasteiger partial charge < -0.3 is 30.5 Å². The molecule has 1 aromatic heterocycles. The van der Waals surface area contributed by atoms with Crippen molar-refractivity contribution in [2.24, 2.45) is 4.99 Å². The SMILES string of the molecule is CCCOC(=O)CC(NC(=O)c1ccc(OCCNC2=NCCCN2)cc1O)c1cccnc1.Cl. The van der Waals surface area contributed by atoms with Crippen LogP contribution in [0.5, 0.6) is 11.5 Å². The van der Waals surface area contributed by atoms with Crippen LogP contribution in [-0.4, -0.2) is 60.8 Å². The normalized spacial score (nSPS) is 13.3. The number of amides is 1. The maximum atomic E-state index is 12.9. The van der Waals surface area contributed by atoms with Crippen LogP contribution >= 0.6 is 12.4 Å². The van der Waals surface area contributed by atoms with Crippen LogP contribution in [0.25, 0.3) is 0 Å². The zero-order valence-electron chi connectivity index (χ0n) is 19.7. The average molecular weight is 506 g/mol. The average Bonchev–Trinajstić information content (AvgIpc) is 2.86. The largest absolute Gasteiger partial charge is 0.507 e. The third-order valence-corrected chi connectivity index (χ3v) is 5.00. The molecule has 4 N–H and O–H groups in total. The second-order valence-electron chi connectivity index (χ2n) is 7.70. The molecule has 2 aromatic rings. The van der Waals surface area contributed by atoms with E-state index in [1.54, 1.807) is 30.6 Å².